The monoisotopic (exact) mass is 624 g/mol. The molecule has 1 N–H and O–H groups in total. The van der Waals surface area contributed by atoms with Crippen molar-refractivity contribution in [3.8, 4) is 5.75 Å². The van der Waals surface area contributed by atoms with Gasteiger partial charge in [-0.25, -0.2) is 13.4 Å². The van der Waals surface area contributed by atoms with Crippen molar-refractivity contribution in [2.45, 2.75) is 35.9 Å². The second-order valence-corrected chi connectivity index (χ2v) is 13.0. The molecule has 0 spiro atoms. The molecule has 0 aromatic heterocycles. The first kappa shape index (κ1) is 30.2. The van der Waals surface area contributed by atoms with E-state index in [2.05, 4.69) is 0 Å². The molecule has 0 bridgehead atoms. The fourth-order valence-electron chi connectivity index (χ4n) is 5.68. The van der Waals surface area contributed by atoms with Crippen LogP contribution in [0.15, 0.2) is 119 Å². The lowest BCUT2D eigenvalue weighted by Gasteiger charge is -2.31. The predicted octanol–water partition coefficient (Wildman–Crippen LogP) is 4.75. The summed E-state index contributed by atoms with van der Waals surface area (Å²) < 4.78 is 39.2. The molecule has 0 saturated carbocycles. The number of carbonyl (C=O) groups excluding carboxylic acids is 2. The lowest BCUT2D eigenvalue weighted by atomic mass is 9.84. The van der Waals surface area contributed by atoms with Crippen LogP contribution in [0.3, 0.4) is 0 Å². The minimum Gasteiger partial charge on any atom is -0.494 e. The van der Waals surface area contributed by atoms with Gasteiger partial charge in [0.15, 0.2) is 21.5 Å². The first-order chi connectivity index (χ1) is 21.8. The first-order valence-corrected chi connectivity index (χ1v) is 16.4. The molecule has 0 fully saturated rings. The van der Waals surface area contributed by atoms with Crippen molar-refractivity contribution in [2.75, 3.05) is 19.0 Å². The Morgan fingerprint density at radius 3 is 2.31 bits per heavy atom. The highest BCUT2D eigenvalue weighted by Crippen LogP contribution is 2.47. The van der Waals surface area contributed by atoms with Gasteiger partial charge in [0.25, 0.3) is 11.8 Å². The Kier molecular flexibility index (Phi) is 8.51. The maximum absolute atomic E-state index is 14.7. The SMILES string of the molecule is O=C(c1ccccc1)N1Cc2ccccc2[C@H]2OC(c3ccc(OCCCO)cc3)=N[C@@]2(CCS(=O)(=O)c2ccccc2)C1=O. The van der Waals surface area contributed by atoms with E-state index in [1.165, 1.54) is 12.1 Å². The molecule has 6 rings (SSSR count). The molecule has 45 heavy (non-hydrogen) atoms. The van der Waals surface area contributed by atoms with Gasteiger partial charge < -0.3 is 14.6 Å². The number of aliphatic imine (C=N–C) groups is 1. The van der Waals surface area contributed by atoms with E-state index < -0.39 is 39.0 Å². The van der Waals surface area contributed by atoms with E-state index in [1.54, 1.807) is 72.8 Å². The number of hydrogen-bond acceptors (Lipinski definition) is 8. The van der Waals surface area contributed by atoms with Crippen molar-refractivity contribution in [1.29, 1.82) is 0 Å². The standard InChI is InChI=1S/C35H32N2O7S/c38-21-9-22-43-28-18-16-25(17-19-28)32-36-35(20-23-45(41,42)29-13-5-2-6-14-29)31(44-32)30-15-8-7-12-27(30)24-37(34(35)40)33(39)26-10-3-1-4-11-26/h1-8,10-19,31,38H,9,20-24H2/t31-,35-/m1/s1. The molecule has 4 aromatic rings. The number of rotatable bonds is 10. The minimum absolute atomic E-state index is 0.0134. The van der Waals surface area contributed by atoms with Crippen LogP contribution < -0.4 is 4.74 Å². The summed E-state index contributed by atoms with van der Waals surface area (Å²) in [7, 11) is -3.82. The van der Waals surface area contributed by atoms with E-state index in [-0.39, 0.29) is 30.4 Å². The number of ether oxygens (including phenoxy) is 2. The Morgan fingerprint density at radius 2 is 1.60 bits per heavy atom. The van der Waals surface area contributed by atoms with Crippen LogP contribution in [-0.2, 0) is 25.9 Å². The molecule has 2 aliphatic heterocycles. The zero-order valence-electron chi connectivity index (χ0n) is 24.4. The predicted molar refractivity (Wildman–Crippen MR) is 168 cm³/mol. The van der Waals surface area contributed by atoms with Crippen molar-refractivity contribution in [2.24, 2.45) is 4.99 Å². The molecular weight excluding hydrogens is 592 g/mol. The van der Waals surface area contributed by atoms with E-state index >= 15 is 0 Å². The largest absolute Gasteiger partial charge is 0.494 e. The Balaban J connectivity index is 1.45. The van der Waals surface area contributed by atoms with E-state index in [4.69, 9.17) is 19.6 Å². The van der Waals surface area contributed by atoms with Crippen LogP contribution in [-0.4, -0.2) is 60.6 Å². The highest BCUT2D eigenvalue weighted by molar-refractivity contribution is 7.91. The van der Waals surface area contributed by atoms with Crippen LogP contribution in [0.5, 0.6) is 5.75 Å². The summed E-state index contributed by atoms with van der Waals surface area (Å²) in [6, 6.07) is 30.9. The number of carbonyl (C=O) groups is 2. The number of sulfone groups is 1. The van der Waals surface area contributed by atoms with Crippen LogP contribution in [0.25, 0.3) is 0 Å². The molecule has 2 amide bonds. The average Bonchev–Trinajstić information content (AvgIpc) is 3.44. The summed E-state index contributed by atoms with van der Waals surface area (Å²) in [4.78, 5) is 34.8. The number of fused-ring (bicyclic) bond motifs is 3. The van der Waals surface area contributed by atoms with Gasteiger partial charge in [0.05, 0.1) is 23.8 Å². The number of benzene rings is 4. The smallest absolute Gasteiger partial charge is 0.262 e. The summed E-state index contributed by atoms with van der Waals surface area (Å²) in [5, 5.41) is 9.04. The molecule has 0 unspecified atom stereocenters. The van der Waals surface area contributed by atoms with Gasteiger partial charge in [-0.2, -0.15) is 0 Å². The average molecular weight is 625 g/mol. The Hall–Kier alpha value is -4.80. The normalized spacial score (nSPS) is 19.1. The van der Waals surface area contributed by atoms with Gasteiger partial charge >= 0.3 is 0 Å². The number of aliphatic hydroxyl groups excluding tert-OH is 1. The zero-order chi connectivity index (χ0) is 31.4. The molecule has 4 aromatic carbocycles. The van der Waals surface area contributed by atoms with Gasteiger partial charge in [-0.3, -0.25) is 14.5 Å². The van der Waals surface area contributed by atoms with Crippen LogP contribution in [0, 0.1) is 0 Å². The Labute approximate surface area is 261 Å². The summed E-state index contributed by atoms with van der Waals surface area (Å²) in [6.45, 7) is 0.358. The topological polar surface area (TPSA) is 123 Å². The van der Waals surface area contributed by atoms with Gasteiger partial charge in [-0.15, -0.1) is 0 Å². The summed E-state index contributed by atoms with van der Waals surface area (Å²) >= 11 is 0. The number of amides is 2. The quantitative estimate of drug-likeness (QED) is 0.200. The van der Waals surface area contributed by atoms with Crippen LogP contribution in [0.1, 0.15) is 46.0 Å². The first-order valence-electron chi connectivity index (χ1n) is 14.7. The molecular formula is C35H32N2O7S. The van der Waals surface area contributed by atoms with Crippen LogP contribution in [0.2, 0.25) is 0 Å². The third kappa shape index (κ3) is 5.99. The van der Waals surface area contributed by atoms with Gasteiger partial charge in [0, 0.05) is 36.1 Å². The van der Waals surface area contributed by atoms with Gasteiger partial charge in [0.2, 0.25) is 5.90 Å². The van der Waals surface area contributed by atoms with Gasteiger partial charge in [-0.1, -0.05) is 60.7 Å². The van der Waals surface area contributed by atoms with E-state index in [0.717, 1.165) is 4.90 Å². The van der Waals surface area contributed by atoms with E-state index in [1.807, 2.05) is 24.3 Å². The number of nitrogens with zero attached hydrogens (tertiary/aromatic N) is 2. The van der Waals surface area contributed by atoms with Crippen molar-refractivity contribution in [3.05, 3.63) is 131 Å². The van der Waals surface area contributed by atoms with Crippen molar-refractivity contribution in [3.63, 3.8) is 0 Å². The maximum atomic E-state index is 14.7. The molecule has 2 heterocycles. The molecule has 9 nitrogen and oxygen atoms in total. The summed E-state index contributed by atoms with van der Waals surface area (Å²) in [5.74, 6) is -0.776. The van der Waals surface area contributed by atoms with Crippen molar-refractivity contribution >= 4 is 27.5 Å². The van der Waals surface area contributed by atoms with Crippen molar-refractivity contribution < 1.29 is 32.6 Å². The molecule has 0 aliphatic carbocycles. The lowest BCUT2D eigenvalue weighted by molar-refractivity contribution is -0.136. The minimum atomic E-state index is -3.82. The fourth-order valence-corrected chi connectivity index (χ4v) is 7.06. The Bertz CT molecular complexity index is 1830. The van der Waals surface area contributed by atoms with Gasteiger partial charge in [-0.05, 0) is 54.1 Å². The third-order valence-electron chi connectivity index (χ3n) is 8.04. The zero-order valence-corrected chi connectivity index (χ0v) is 25.2. The highest BCUT2D eigenvalue weighted by atomic mass is 32.2. The maximum Gasteiger partial charge on any atom is 0.262 e. The molecule has 2 aliphatic rings. The summed E-state index contributed by atoms with van der Waals surface area (Å²) in [6.07, 6.45) is -0.698. The molecule has 10 heteroatoms. The second kappa shape index (κ2) is 12.7. The second-order valence-electron chi connectivity index (χ2n) is 10.9. The molecule has 0 saturated heterocycles. The molecule has 2 atom stereocenters. The van der Waals surface area contributed by atoms with Crippen molar-refractivity contribution in [1.82, 2.24) is 4.90 Å². The van der Waals surface area contributed by atoms with Gasteiger partial charge in [0.1, 0.15) is 5.75 Å². The number of imide groups is 1. The third-order valence-corrected chi connectivity index (χ3v) is 9.77. The van der Waals surface area contributed by atoms with E-state index in [0.29, 0.717) is 41.0 Å². The number of aliphatic hydroxyl groups is 1. The lowest BCUT2D eigenvalue weighted by Crippen LogP contribution is -2.51. The Morgan fingerprint density at radius 1 is 0.933 bits per heavy atom. The van der Waals surface area contributed by atoms with Crippen LogP contribution in [0.4, 0.5) is 0 Å². The van der Waals surface area contributed by atoms with Crippen LogP contribution >= 0.6 is 0 Å². The fraction of sp³-hybridized carbons (Fsp3) is 0.229. The van der Waals surface area contributed by atoms with E-state index in [9.17, 15) is 18.0 Å². The molecule has 230 valence electrons. The highest BCUT2D eigenvalue weighted by Gasteiger charge is 2.58. The summed E-state index contributed by atoms with van der Waals surface area (Å²) in [5.41, 5.74) is 0.513. The molecule has 0 radical (unpaired) electrons. The number of hydrogen-bond donors (Lipinski definition) is 1.